The zero-order valence-electron chi connectivity index (χ0n) is 23.7. The maximum atomic E-state index is 12.3. The van der Waals surface area contributed by atoms with Crippen LogP contribution < -0.4 is 21.1 Å². The predicted molar refractivity (Wildman–Crippen MR) is 150 cm³/mol. The second kappa shape index (κ2) is 14.5. The van der Waals surface area contributed by atoms with Gasteiger partial charge in [-0.25, -0.2) is 9.59 Å². The highest BCUT2D eigenvalue weighted by Gasteiger charge is 2.22. The van der Waals surface area contributed by atoms with Crippen molar-refractivity contribution in [1.82, 2.24) is 0 Å². The number of carbonyl (C=O) groups excluding carboxylic acids is 2. The average molecular weight is 516 g/mol. The summed E-state index contributed by atoms with van der Waals surface area (Å²) in [5, 5.41) is 0. The molecule has 0 aliphatic rings. The van der Waals surface area contributed by atoms with E-state index in [1.165, 1.54) is 30.6 Å². The highest BCUT2D eigenvalue weighted by molar-refractivity contribution is 5.92. The van der Waals surface area contributed by atoms with Crippen LogP contribution in [0.4, 0.5) is 16.2 Å². The average Bonchev–Trinajstić information content (AvgIpc) is 2.79. The lowest BCUT2D eigenvalue weighted by atomic mass is 10.1. The van der Waals surface area contributed by atoms with E-state index in [-0.39, 0.29) is 0 Å². The molecule has 8 heteroatoms. The van der Waals surface area contributed by atoms with E-state index < -0.39 is 23.3 Å². The van der Waals surface area contributed by atoms with E-state index >= 15 is 0 Å². The Morgan fingerprint density at radius 1 is 0.838 bits per heavy atom. The number of esters is 1. The van der Waals surface area contributed by atoms with E-state index in [1.807, 2.05) is 20.8 Å². The molecule has 0 saturated heterocycles. The molecule has 0 unspecified atom stereocenters. The van der Waals surface area contributed by atoms with Crippen molar-refractivity contribution < 1.29 is 23.8 Å². The fraction of sp³-hybridized carbons (Fsp3) is 0.517. The van der Waals surface area contributed by atoms with Crippen LogP contribution in [0.1, 0.15) is 84.5 Å². The van der Waals surface area contributed by atoms with Crippen molar-refractivity contribution in [2.75, 3.05) is 24.2 Å². The summed E-state index contributed by atoms with van der Waals surface area (Å²) >= 11 is 0. The minimum atomic E-state index is -0.621. The first kappa shape index (κ1) is 31.8. The first-order chi connectivity index (χ1) is 17.2. The minimum Gasteiger partial charge on any atom is -0.457 e. The van der Waals surface area contributed by atoms with E-state index in [0.717, 1.165) is 6.54 Å². The van der Waals surface area contributed by atoms with Crippen LogP contribution in [0, 0.1) is 0 Å². The van der Waals surface area contributed by atoms with Crippen molar-refractivity contribution in [2.45, 2.75) is 85.4 Å². The monoisotopic (exact) mass is 515 g/mol. The number of hydrogen-bond acceptors (Lipinski definition) is 7. The zero-order valence-corrected chi connectivity index (χ0v) is 23.7. The summed E-state index contributed by atoms with van der Waals surface area (Å²) in [4.78, 5) is 25.8. The summed E-state index contributed by atoms with van der Waals surface area (Å²) in [5.74, 6) is 0.611. The number of ether oxygens (including phenoxy) is 3. The number of carbonyl (C=O) groups is 2. The summed E-state index contributed by atoms with van der Waals surface area (Å²) in [6.45, 7) is 13.9. The van der Waals surface area contributed by atoms with Crippen LogP contribution >= 0.6 is 0 Å². The summed E-state index contributed by atoms with van der Waals surface area (Å²) in [7, 11) is 1.58. The molecule has 0 fully saturated rings. The third kappa shape index (κ3) is 12.5. The highest BCUT2D eigenvalue weighted by atomic mass is 16.6. The topological polar surface area (TPSA) is 117 Å². The molecule has 37 heavy (non-hydrogen) atoms. The third-order valence-corrected chi connectivity index (χ3v) is 4.81. The van der Waals surface area contributed by atoms with Crippen LogP contribution in [0.15, 0.2) is 42.5 Å². The number of hydrogen-bond donors (Lipinski definition) is 2. The number of anilines is 2. The lowest BCUT2D eigenvalue weighted by molar-refractivity contribution is 0.00692. The van der Waals surface area contributed by atoms with Gasteiger partial charge in [-0.3, -0.25) is 4.90 Å². The molecule has 0 radical (unpaired) electrons. The lowest BCUT2D eigenvalue weighted by Gasteiger charge is -2.25. The number of amides is 1. The van der Waals surface area contributed by atoms with E-state index in [2.05, 4.69) is 6.92 Å². The van der Waals surface area contributed by atoms with Crippen molar-refractivity contribution >= 4 is 23.4 Å². The van der Waals surface area contributed by atoms with Gasteiger partial charge in [0, 0.05) is 13.1 Å². The molecule has 0 aliphatic carbocycles. The van der Waals surface area contributed by atoms with Gasteiger partial charge in [0.2, 0.25) is 0 Å². The molecule has 4 N–H and O–H groups in total. The number of nitrogens with two attached hydrogens (primary N) is 2. The van der Waals surface area contributed by atoms with Crippen LogP contribution in [0.5, 0.6) is 11.5 Å². The Morgan fingerprint density at radius 2 is 1.41 bits per heavy atom. The van der Waals surface area contributed by atoms with E-state index in [1.54, 1.807) is 70.3 Å². The fourth-order valence-electron chi connectivity index (χ4n) is 3.01. The van der Waals surface area contributed by atoms with Gasteiger partial charge in [0.15, 0.2) is 0 Å². The van der Waals surface area contributed by atoms with Crippen LogP contribution in [0.25, 0.3) is 0 Å². The Labute approximate surface area is 222 Å². The molecule has 8 nitrogen and oxygen atoms in total. The number of benzene rings is 2. The van der Waals surface area contributed by atoms with Crippen molar-refractivity contribution in [3.8, 4) is 11.5 Å². The van der Waals surface area contributed by atoms with E-state index in [4.69, 9.17) is 25.7 Å². The fourth-order valence-corrected chi connectivity index (χ4v) is 3.01. The minimum absolute atomic E-state index is 0.400. The SMILES string of the molecule is CCCCCCN.CN(C(=O)OC(C)(C)C)c1cc(Oc2ccc(C(=O)OC(C)(C)C)cc2)ccc1N. The standard InChI is InChI=1S/C23H30N2O5.C6H15N/c1-22(2,3)29-20(26)15-8-10-16(11-9-15)28-17-12-13-18(24)19(14-17)25(7)21(27)30-23(4,5)6;1-2-3-4-5-6-7/h8-14H,24H2,1-7H3;2-7H2,1H3. The highest BCUT2D eigenvalue weighted by Crippen LogP contribution is 2.31. The summed E-state index contributed by atoms with van der Waals surface area (Å²) in [5.41, 5.74) is 11.4. The molecule has 206 valence electrons. The quantitative estimate of drug-likeness (QED) is 0.223. The molecule has 0 spiro atoms. The van der Waals surface area contributed by atoms with Gasteiger partial charge in [-0.2, -0.15) is 0 Å². The van der Waals surface area contributed by atoms with Crippen LogP contribution in [0.3, 0.4) is 0 Å². The number of unbranched alkanes of at least 4 members (excludes halogenated alkanes) is 3. The van der Waals surface area contributed by atoms with Gasteiger partial charge in [-0.15, -0.1) is 0 Å². The maximum absolute atomic E-state index is 12.3. The maximum Gasteiger partial charge on any atom is 0.414 e. The molecular formula is C29H45N3O5. The Kier molecular flexibility index (Phi) is 12.4. The van der Waals surface area contributed by atoms with Crippen molar-refractivity contribution in [2.24, 2.45) is 5.73 Å². The molecule has 0 aliphatic heterocycles. The molecule has 0 heterocycles. The normalized spacial score (nSPS) is 11.2. The molecule has 0 bridgehead atoms. The third-order valence-electron chi connectivity index (χ3n) is 4.81. The predicted octanol–water partition coefficient (Wildman–Crippen LogP) is 6.91. The van der Waals surface area contributed by atoms with E-state index in [0.29, 0.717) is 28.4 Å². The Morgan fingerprint density at radius 3 is 1.92 bits per heavy atom. The first-order valence-corrected chi connectivity index (χ1v) is 12.7. The molecule has 2 aromatic carbocycles. The molecule has 1 amide bonds. The summed E-state index contributed by atoms with van der Waals surface area (Å²) in [6.07, 6.45) is 4.64. The van der Waals surface area contributed by atoms with Gasteiger partial charge >= 0.3 is 12.1 Å². The van der Waals surface area contributed by atoms with Crippen molar-refractivity contribution in [1.29, 1.82) is 0 Å². The van der Waals surface area contributed by atoms with Crippen LogP contribution in [-0.2, 0) is 9.47 Å². The Bertz CT molecular complexity index is 988. The van der Waals surface area contributed by atoms with Crippen molar-refractivity contribution in [3.05, 3.63) is 48.0 Å². The summed E-state index contributed by atoms with van der Waals surface area (Å²) in [6, 6.07) is 11.6. The molecule has 2 rings (SSSR count). The van der Waals surface area contributed by atoms with E-state index in [9.17, 15) is 9.59 Å². The number of nitrogens with zero attached hydrogens (tertiary/aromatic N) is 1. The van der Waals surface area contributed by atoms with Gasteiger partial charge < -0.3 is 25.7 Å². The zero-order chi connectivity index (χ0) is 28.2. The Hall–Kier alpha value is -3.26. The second-order valence-corrected chi connectivity index (χ2v) is 10.7. The molecule has 0 aromatic heterocycles. The number of rotatable bonds is 8. The Balaban J connectivity index is 0.000000856. The summed E-state index contributed by atoms with van der Waals surface area (Å²) < 4.78 is 16.6. The molecule has 2 aromatic rings. The molecule has 0 atom stereocenters. The molecule has 0 saturated carbocycles. The second-order valence-electron chi connectivity index (χ2n) is 10.7. The van der Waals surface area contributed by atoms with Gasteiger partial charge in [0.05, 0.1) is 16.9 Å². The van der Waals surface area contributed by atoms with Crippen molar-refractivity contribution in [3.63, 3.8) is 0 Å². The van der Waals surface area contributed by atoms with Gasteiger partial charge in [-0.1, -0.05) is 26.2 Å². The molecular weight excluding hydrogens is 470 g/mol. The van der Waals surface area contributed by atoms with Crippen LogP contribution in [-0.4, -0.2) is 36.9 Å². The largest absolute Gasteiger partial charge is 0.457 e. The first-order valence-electron chi connectivity index (χ1n) is 12.7. The lowest BCUT2D eigenvalue weighted by Crippen LogP contribution is -2.34. The smallest absolute Gasteiger partial charge is 0.414 e. The van der Waals surface area contributed by atoms with Gasteiger partial charge in [0.25, 0.3) is 0 Å². The number of nitrogen functional groups attached to an aromatic ring is 1. The van der Waals surface area contributed by atoms with Crippen LogP contribution in [0.2, 0.25) is 0 Å². The van der Waals surface area contributed by atoms with Gasteiger partial charge in [0.1, 0.15) is 22.7 Å². The van der Waals surface area contributed by atoms with Gasteiger partial charge in [-0.05, 0) is 90.9 Å².